The standard InChI is InChI=1S/C20H22N4OS/c1-13(2)23-19(25)18-17(15-6-3-4-7-16(15)26-18)14-8-11-24(12-14)20-21-9-5-10-22-20/h3-7,9-10,13-14H,8,11-12H2,1-2H3,(H,23,25)/t14-/m0/s1. The van der Waals surface area contributed by atoms with Crippen molar-refractivity contribution in [1.82, 2.24) is 15.3 Å². The molecule has 3 heterocycles. The van der Waals surface area contributed by atoms with Crippen LogP contribution in [0.5, 0.6) is 0 Å². The van der Waals surface area contributed by atoms with E-state index in [1.165, 1.54) is 15.6 Å². The predicted molar refractivity (Wildman–Crippen MR) is 106 cm³/mol. The summed E-state index contributed by atoms with van der Waals surface area (Å²) in [7, 11) is 0. The molecule has 26 heavy (non-hydrogen) atoms. The highest BCUT2D eigenvalue weighted by molar-refractivity contribution is 7.21. The van der Waals surface area contributed by atoms with Gasteiger partial charge in [-0.15, -0.1) is 11.3 Å². The number of nitrogens with one attached hydrogen (secondary N) is 1. The minimum absolute atomic E-state index is 0.0330. The van der Waals surface area contributed by atoms with Crippen LogP contribution in [0.15, 0.2) is 42.7 Å². The van der Waals surface area contributed by atoms with Crippen molar-refractivity contribution < 1.29 is 4.79 Å². The van der Waals surface area contributed by atoms with Gasteiger partial charge in [0.2, 0.25) is 5.95 Å². The zero-order chi connectivity index (χ0) is 18.1. The number of hydrogen-bond acceptors (Lipinski definition) is 5. The molecule has 0 spiro atoms. The van der Waals surface area contributed by atoms with Gasteiger partial charge in [-0.05, 0) is 43.4 Å². The van der Waals surface area contributed by atoms with Crippen LogP contribution in [0.1, 0.15) is 41.4 Å². The molecule has 0 bridgehead atoms. The maximum atomic E-state index is 12.8. The Balaban J connectivity index is 1.70. The summed E-state index contributed by atoms with van der Waals surface area (Å²) in [5, 5.41) is 4.26. The molecule has 4 rings (SSSR count). The first kappa shape index (κ1) is 17.0. The predicted octanol–water partition coefficient (Wildman–Crippen LogP) is 3.82. The summed E-state index contributed by atoms with van der Waals surface area (Å²) in [6.07, 6.45) is 4.55. The van der Waals surface area contributed by atoms with E-state index in [0.29, 0.717) is 5.92 Å². The highest BCUT2D eigenvalue weighted by Gasteiger charge is 2.31. The van der Waals surface area contributed by atoms with Gasteiger partial charge in [-0.2, -0.15) is 0 Å². The molecule has 1 atom stereocenters. The van der Waals surface area contributed by atoms with Crippen LogP contribution in [0.25, 0.3) is 10.1 Å². The summed E-state index contributed by atoms with van der Waals surface area (Å²) in [6.45, 7) is 5.74. The van der Waals surface area contributed by atoms with Crippen LogP contribution in [-0.2, 0) is 0 Å². The van der Waals surface area contributed by atoms with Crippen molar-refractivity contribution in [3.63, 3.8) is 0 Å². The summed E-state index contributed by atoms with van der Waals surface area (Å²) in [5.41, 5.74) is 1.18. The second kappa shape index (κ2) is 7.03. The Bertz CT molecular complexity index is 922. The molecule has 1 saturated heterocycles. The van der Waals surface area contributed by atoms with Crippen molar-refractivity contribution in [1.29, 1.82) is 0 Å². The van der Waals surface area contributed by atoms with E-state index in [9.17, 15) is 4.79 Å². The maximum absolute atomic E-state index is 12.8. The molecule has 1 fully saturated rings. The Morgan fingerprint density at radius 2 is 2.00 bits per heavy atom. The van der Waals surface area contributed by atoms with Crippen LogP contribution in [0.2, 0.25) is 0 Å². The van der Waals surface area contributed by atoms with Gasteiger partial charge in [0.05, 0.1) is 4.88 Å². The highest BCUT2D eigenvalue weighted by Crippen LogP contribution is 2.40. The van der Waals surface area contributed by atoms with E-state index >= 15 is 0 Å². The normalized spacial score (nSPS) is 17.2. The van der Waals surface area contributed by atoms with E-state index in [4.69, 9.17) is 0 Å². The van der Waals surface area contributed by atoms with Gasteiger partial charge >= 0.3 is 0 Å². The SMILES string of the molecule is CC(C)NC(=O)c1sc2ccccc2c1[C@H]1CCN(c2ncccn2)C1. The van der Waals surface area contributed by atoms with Crippen molar-refractivity contribution >= 4 is 33.3 Å². The van der Waals surface area contributed by atoms with E-state index in [1.54, 1.807) is 23.7 Å². The molecule has 0 unspecified atom stereocenters. The van der Waals surface area contributed by atoms with Crippen molar-refractivity contribution in [3.8, 4) is 0 Å². The van der Waals surface area contributed by atoms with Crippen LogP contribution in [-0.4, -0.2) is 35.0 Å². The number of rotatable bonds is 4. The fraction of sp³-hybridized carbons (Fsp3) is 0.350. The molecule has 1 aromatic carbocycles. The summed E-state index contributed by atoms with van der Waals surface area (Å²) in [4.78, 5) is 24.6. The molecule has 5 nitrogen and oxygen atoms in total. The summed E-state index contributed by atoms with van der Waals surface area (Å²) in [5.74, 6) is 1.11. The zero-order valence-electron chi connectivity index (χ0n) is 15.0. The first-order valence-corrected chi connectivity index (χ1v) is 9.79. The first-order chi connectivity index (χ1) is 12.6. The summed E-state index contributed by atoms with van der Waals surface area (Å²) < 4.78 is 1.17. The number of anilines is 1. The minimum atomic E-state index is 0.0330. The largest absolute Gasteiger partial charge is 0.349 e. The van der Waals surface area contributed by atoms with Crippen LogP contribution in [0.3, 0.4) is 0 Å². The molecule has 1 N–H and O–H groups in total. The molecular formula is C20H22N4OS. The van der Waals surface area contributed by atoms with Crippen LogP contribution < -0.4 is 10.2 Å². The molecule has 1 aliphatic rings. The number of aromatic nitrogens is 2. The Kier molecular flexibility index (Phi) is 4.59. The molecule has 3 aromatic rings. The van der Waals surface area contributed by atoms with E-state index in [2.05, 4.69) is 38.4 Å². The van der Waals surface area contributed by atoms with Crippen LogP contribution in [0.4, 0.5) is 5.95 Å². The third kappa shape index (κ3) is 3.17. The van der Waals surface area contributed by atoms with Gasteiger partial charge in [0.15, 0.2) is 0 Å². The Labute approximate surface area is 157 Å². The Morgan fingerprint density at radius 3 is 2.77 bits per heavy atom. The van der Waals surface area contributed by atoms with Gasteiger partial charge in [-0.3, -0.25) is 4.79 Å². The molecular weight excluding hydrogens is 344 g/mol. The topological polar surface area (TPSA) is 58.1 Å². The fourth-order valence-corrected chi connectivity index (χ4v) is 4.79. The van der Waals surface area contributed by atoms with E-state index in [1.807, 2.05) is 26.0 Å². The number of thiophene rings is 1. The molecule has 1 aliphatic heterocycles. The van der Waals surface area contributed by atoms with Crippen LogP contribution in [0, 0.1) is 0 Å². The number of carbonyl (C=O) groups excluding carboxylic acids is 1. The van der Waals surface area contributed by atoms with Gasteiger partial charge in [0, 0.05) is 42.1 Å². The maximum Gasteiger partial charge on any atom is 0.261 e. The third-order valence-corrected chi connectivity index (χ3v) is 5.88. The lowest BCUT2D eigenvalue weighted by Gasteiger charge is -2.17. The van der Waals surface area contributed by atoms with Crippen molar-refractivity contribution in [2.75, 3.05) is 18.0 Å². The minimum Gasteiger partial charge on any atom is -0.349 e. The molecule has 0 aliphatic carbocycles. The van der Waals surface area contributed by atoms with E-state index in [0.717, 1.165) is 30.3 Å². The second-order valence-electron chi connectivity index (χ2n) is 6.95. The summed E-state index contributed by atoms with van der Waals surface area (Å²) >= 11 is 1.60. The number of amides is 1. The number of fused-ring (bicyclic) bond motifs is 1. The number of carbonyl (C=O) groups is 1. The lowest BCUT2D eigenvalue weighted by molar-refractivity contribution is 0.0946. The molecule has 1 amide bonds. The molecule has 134 valence electrons. The highest BCUT2D eigenvalue weighted by atomic mass is 32.1. The van der Waals surface area contributed by atoms with Crippen LogP contribution >= 0.6 is 11.3 Å². The number of nitrogens with zero attached hydrogens (tertiary/aromatic N) is 3. The average molecular weight is 366 g/mol. The molecule has 6 heteroatoms. The fourth-order valence-electron chi connectivity index (χ4n) is 3.60. The lowest BCUT2D eigenvalue weighted by atomic mass is 9.95. The van der Waals surface area contributed by atoms with Crippen molar-refractivity contribution in [2.45, 2.75) is 32.2 Å². The first-order valence-electron chi connectivity index (χ1n) is 8.97. The van der Waals surface area contributed by atoms with Crippen molar-refractivity contribution in [2.24, 2.45) is 0 Å². The lowest BCUT2D eigenvalue weighted by Crippen LogP contribution is -2.30. The van der Waals surface area contributed by atoms with Gasteiger partial charge in [-0.1, -0.05) is 18.2 Å². The zero-order valence-corrected chi connectivity index (χ0v) is 15.8. The van der Waals surface area contributed by atoms with Gasteiger partial charge < -0.3 is 10.2 Å². The summed E-state index contributed by atoms with van der Waals surface area (Å²) in [6, 6.07) is 10.3. The van der Waals surface area contributed by atoms with Crippen molar-refractivity contribution in [3.05, 3.63) is 53.2 Å². The van der Waals surface area contributed by atoms with Gasteiger partial charge in [0.25, 0.3) is 5.91 Å². The van der Waals surface area contributed by atoms with E-state index in [-0.39, 0.29) is 11.9 Å². The number of benzene rings is 1. The van der Waals surface area contributed by atoms with E-state index < -0.39 is 0 Å². The monoisotopic (exact) mass is 366 g/mol. The smallest absolute Gasteiger partial charge is 0.261 e. The molecule has 2 aromatic heterocycles. The van der Waals surface area contributed by atoms with Gasteiger partial charge in [-0.25, -0.2) is 9.97 Å². The molecule has 0 radical (unpaired) electrons. The Hall–Kier alpha value is -2.47. The number of hydrogen-bond donors (Lipinski definition) is 1. The molecule has 0 saturated carbocycles. The quantitative estimate of drug-likeness (QED) is 0.762. The average Bonchev–Trinajstić information content (AvgIpc) is 3.26. The third-order valence-electron chi connectivity index (χ3n) is 4.69. The second-order valence-corrected chi connectivity index (χ2v) is 8.00. The van der Waals surface area contributed by atoms with Gasteiger partial charge in [0.1, 0.15) is 0 Å². The Morgan fingerprint density at radius 1 is 1.23 bits per heavy atom.